The maximum Gasteiger partial charge on any atom is 0.258 e. The molecule has 0 aliphatic rings. The van der Waals surface area contributed by atoms with E-state index in [9.17, 15) is 13.2 Å². The Balaban J connectivity index is 2.16. The van der Waals surface area contributed by atoms with Crippen LogP contribution in [0.5, 0.6) is 0 Å². The lowest BCUT2D eigenvalue weighted by molar-refractivity contribution is 0.582. The Morgan fingerprint density at radius 2 is 2.05 bits per heavy atom. The second-order valence-electron chi connectivity index (χ2n) is 4.08. The van der Waals surface area contributed by atoms with Crippen molar-refractivity contribution in [3.05, 3.63) is 40.4 Å². The molecule has 1 heterocycles. The molecule has 0 atom stereocenters. The van der Waals surface area contributed by atoms with Crippen molar-refractivity contribution >= 4 is 20.9 Å². The molecule has 0 bridgehead atoms. The molecule has 19 heavy (non-hydrogen) atoms. The number of H-pyrrole nitrogens is 1. The predicted octanol–water partition coefficient (Wildman–Crippen LogP) is 0.405. The third-order valence-corrected chi connectivity index (χ3v) is 4.13. The maximum atomic E-state index is 11.8. The minimum atomic E-state index is -3.21. The first-order valence-electron chi connectivity index (χ1n) is 5.97. The van der Waals surface area contributed by atoms with Crippen molar-refractivity contribution in [1.82, 2.24) is 14.7 Å². The van der Waals surface area contributed by atoms with E-state index in [-0.39, 0.29) is 17.9 Å². The van der Waals surface area contributed by atoms with Crippen LogP contribution in [0.2, 0.25) is 0 Å². The van der Waals surface area contributed by atoms with Crippen molar-refractivity contribution in [2.75, 3.05) is 12.3 Å². The van der Waals surface area contributed by atoms with E-state index in [4.69, 9.17) is 0 Å². The van der Waals surface area contributed by atoms with Gasteiger partial charge in [0.1, 0.15) is 5.82 Å². The van der Waals surface area contributed by atoms with Crippen LogP contribution in [0.3, 0.4) is 0 Å². The molecule has 0 aliphatic carbocycles. The van der Waals surface area contributed by atoms with E-state index < -0.39 is 10.0 Å². The molecule has 1 aromatic carbocycles. The van der Waals surface area contributed by atoms with Crippen molar-refractivity contribution in [3.63, 3.8) is 0 Å². The van der Waals surface area contributed by atoms with Gasteiger partial charge < -0.3 is 4.98 Å². The largest absolute Gasteiger partial charge is 0.310 e. The highest BCUT2D eigenvalue weighted by Crippen LogP contribution is 2.05. The Hall–Kier alpha value is -1.73. The summed E-state index contributed by atoms with van der Waals surface area (Å²) in [7, 11) is -3.21. The molecule has 0 saturated carbocycles. The fraction of sp³-hybridized carbons (Fsp3) is 0.333. The number of rotatable bonds is 5. The Bertz CT molecular complexity index is 737. The first-order chi connectivity index (χ1) is 9.02. The summed E-state index contributed by atoms with van der Waals surface area (Å²) in [6, 6.07) is 7.03. The van der Waals surface area contributed by atoms with Crippen LogP contribution in [0, 0.1) is 0 Å². The number of para-hydroxylation sites is 1. The third-order valence-electron chi connectivity index (χ3n) is 2.73. The SMILES string of the molecule is CCS(=O)(=O)NCCc1nc2ccccc2c(=O)[nH]1. The normalized spacial score (nSPS) is 11.8. The van der Waals surface area contributed by atoms with Crippen LogP contribution in [-0.2, 0) is 16.4 Å². The average Bonchev–Trinajstić information content (AvgIpc) is 2.39. The van der Waals surface area contributed by atoms with Crippen LogP contribution in [0.4, 0.5) is 0 Å². The van der Waals surface area contributed by atoms with E-state index in [1.54, 1.807) is 31.2 Å². The van der Waals surface area contributed by atoms with Gasteiger partial charge >= 0.3 is 0 Å². The van der Waals surface area contributed by atoms with Crippen LogP contribution in [0.15, 0.2) is 29.1 Å². The van der Waals surface area contributed by atoms with E-state index in [0.29, 0.717) is 23.1 Å². The maximum absolute atomic E-state index is 11.8. The first kappa shape index (κ1) is 13.7. The van der Waals surface area contributed by atoms with Gasteiger partial charge in [-0.1, -0.05) is 12.1 Å². The van der Waals surface area contributed by atoms with Crippen molar-refractivity contribution in [3.8, 4) is 0 Å². The van der Waals surface area contributed by atoms with Gasteiger partial charge in [0.2, 0.25) is 10.0 Å². The van der Waals surface area contributed by atoms with Crippen LogP contribution in [0.1, 0.15) is 12.7 Å². The second kappa shape index (κ2) is 5.50. The number of fused-ring (bicyclic) bond motifs is 1. The molecule has 0 aliphatic heterocycles. The minimum Gasteiger partial charge on any atom is -0.310 e. The van der Waals surface area contributed by atoms with Gasteiger partial charge in [0.05, 0.1) is 16.7 Å². The Kier molecular flexibility index (Phi) is 3.96. The zero-order chi connectivity index (χ0) is 13.9. The third kappa shape index (κ3) is 3.39. The summed E-state index contributed by atoms with van der Waals surface area (Å²) < 4.78 is 25.0. The highest BCUT2D eigenvalue weighted by atomic mass is 32.2. The van der Waals surface area contributed by atoms with E-state index in [1.807, 2.05) is 0 Å². The monoisotopic (exact) mass is 281 g/mol. The van der Waals surface area contributed by atoms with Crippen molar-refractivity contribution in [1.29, 1.82) is 0 Å². The molecule has 0 fully saturated rings. The number of nitrogens with one attached hydrogen (secondary N) is 2. The van der Waals surface area contributed by atoms with Crippen molar-refractivity contribution in [2.24, 2.45) is 0 Å². The van der Waals surface area contributed by atoms with Gasteiger partial charge in [-0.3, -0.25) is 4.79 Å². The van der Waals surface area contributed by atoms with Crippen LogP contribution in [-0.4, -0.2) is 30.7 Å². The summed E-state index contributed by atoms with van der Waals surface area (Å²) in [5, 5.41) is 0.528. The predicted molar refractivity (Wildman–Crippen MR) is 73.5 cm³/mol. The number of aromatic amines is 1. The zero-order valence-corrected chi connectivity index (χ0v) is 11.3. The molecule has 1 aromatic heterocycles. The highest BCUT2D eigenvalue weighted by Gasteiger charge is 2.07. The van der Waals surface area contributed by atoms with E-state index in [2.05, 4.69) is 14.7 Å². The van der Waals surface area contributed by atoms with Gasteiger partial charge in [0.15, 0.2) is 0 Å². The molecule has 2 rings (SSSR count). The lowest BCUT2D eigenvalue weighted by Gasteiger charge is -2.05. The van der Waals surface area contributed by atoms with Crippen molar-refractivity contribution in [2.45, 2.75) is 13.3 Å². The molecule has 0 radical (unpaired) electrons. The van der Waals surface area contributed by atoms with E-state index in [0.717, 1.165) is 0 Å². The molecule has 6 nitrogen and oxygen atoms in total. The molecule has 0 amide bonds. The standard InChI is InChI=1S/C12H15N3O3S/c1-2-19(17,18)13-8-7-11-14-10-6-4-3-5-9(10)12(16)15-11/h3-6,13H,2,7-8H2,1H3,(H,14,15,16). The quantitative estimate of drug-likeness (QED) is 0.830. The Morgan fingerprint density at radius 1 is 1.32 bits per heavy atom. The Labute approximate surface area is 110 Å². The molecule has 0 spiro atoms. The van der Waals surface area contributed by atoms with Crippen LogP contribution in [0.25, 0.3) is 10.9 Å². The first-order valence-corrected chi connectivity index (χ1v) is 7.62. The zero-order valence-electron chi connectivity index (χ0n) is 10.5. The van der Waals surface area contributed by atoms with Crippen LogP contribution >= 0.6 is 0 Å². The second-order valence-corrected chi connectivity index (χ2v) is 6.17. The lowest BCUT2D eigenvalue weighted by Crippen LogP contribution is -2.28. The van der Waals surface area contributed by atoms with Gasteiger partial charge in [0, 0.05) is 13.0 Å². The molecule has 2 N–H and O–H groups in total. The van der Waals surface area contributed by atoms with E-state index in [1.165, 1.54) is 0 Å². The molecule has 0 saturated heterocycles. The highest BCUT2D eigenvalue weighted by molar-refractivity contribution is 7.89. The molecule has 102 valence electrons. The molecular weight excluding hydrogens is 266 g/mol. The number of aromatic nitrogens is 2. The van der Waals surface area contributed by atoms with Gasteiger partial charge in [-0.25, -0.2) is 18.1 Å². The summed E-state index contributed by atoms with van der Waals surface area (Å²) in [6.45, 7) is 1.79. The molecular formula is C12H15N3O3S. The summed E-state index contributed by atoms with van der Waals surface area (Å²) in [6.07, 6.45) is 0.347. The lowest BCUT2D eigenvalue weighted by atomic mass is 10.2. The summed E-state index contributed by atoms with van der Waals surface area (Å²) in [5.74, 6) is 0.511. The molecule has 7 heteroatoms. The number of nitrogens with zero attached hydrogens (tertiary/aromatic N) is 1. The van der Waals surface area contributed by atoms with Gasteiger partial charge in [-0.15, -0.1) is 0 Å². The Morgan fingerprint density at radius 3 is 2.79 bits per heavy atom. The summed E-state index contributed by atoms with van der Waals surface area (Å²) in [4.78, 5) is 18.7. The van der Waals surface area contributed by atoms with Crippen LogP contribution < -0.4 is 10.3 Å². The fourth-order valence-corrected chi connectivity index (χ4v) is 2.30. The molecule has 0 unspecified atom stereocenters. The summed E-state index contributed by atoms with van der Waals surface area (Å²) in [5.41, 5.74) is 0.401. The van der Waals surface area contributed by atoms with Gasteiger partial charge in [-0.05, 0) is 19.1 Å². The average molecular weight is 281 g/mol. The topological polar surface area (TPSA) is 91.9 Å². The summed E-state index contributed by atoms with van der Waals surface area (Å²) >= 11 is 0. The van der Waals surface area contributed by atoms with Gasteiger partial charge in [0.25, 0.3) is 5.56 Å². The number of hydrogen-bond acceptors (Lipinski definition) is 4. The van der Waals surface area contributed by atoms with Crippen molar-refractivity contribution < 1.29 is 8.42 Å². The number of sulfonamides is 1. The van der Waals surface area contributed by atoms with E-state index >= 15 is 0 Å². The molecule has 2 aromatic rings. The smallest absolute Gasteiger partial charge is 0.258 e. The number of hydrogen-bond donors (Lipinski definition) is 2. The fourth-order valence-electron chi connectivity index (χ4n) is 1.68. The van der Waals surface area contributed by atoms with Gasteiger partial charge in [-0.2, -0.15) is 0 Å². The minimum absolute atomic E-state index is 0.0364. The number of benzene rings is 1.